The van der Waals surface area contributed by atoms with Crippen molar-refractivity contribution in [2.45, 2.75) is 33.0 Å². The summed E-state index contributed by atoms with van der Waals surface area (Å²) in [5.41, 5.74) is 3.41. The molecule has 1 aliphatic rings. The Balaban J connectivity index is 1.41. The lowest BCUT2D eigenvalue weighted by atomic mass is 10.1. The van der Waals surface area contributed by atoms with Gasteiger partial charge in [-0.2, -0.15) is 4.98 Å². The number of ether oxygens (including phenoxy) is 1. The standard InChI is InChI=1S/C23H23FN6O2/c1-13-11-30(12-14(2)31-13)23-26-10-19(24)22(28-23)27-21-9-17(6-7-25-21)16-4-5-18-15(3)29-32-20(18)8-16/h4-10,13-14H,11-12H2,1-3H3,(H,25,26,27,28)/t13-,14+. The second-order valence-corrected chi connectivity index (χ2v) is 8.06. The summed E-state index contributed by atoms with van der Waals surface area (Å²) in [6.07, 6.45) is 2.94. The molecule has 32 heavy (non-hydrogen) atoms. The number of hydrogen-bond acceptors (Lipinski definition) is 8. The van der Waals surface area contributed by atoms with Crippen molar-refractivity contribution in [2.24, 2.45) is 0 Å². The number of halogens is 1. The minimum atomic E-state index is -0.547. The van der Waals surface area contributed by atoms with Gasteiger partial charge in [-0.1, -0.05) is 11.2 Å². The molecule has 3 aromatic heterocycles. The van der Waals surface area contributed by atoms with Crippen LogP contribution < -0.4 is 10.2 Å². The van der Waals surface area contributed by atoms with Gasteiger partial charge < -0.3 is 19.5 Å². The highest BCUT2D eigenvalue weighted by Gasteiger charge is 2.25. The lowest BCUT2D eigenvalue weighted by Crippen LogP contribution is -2.46. The van der Waals surface area contributed by atoms with E-state index in [2.05, 4.69) is 25.4 Å². The Morgan fingerprint density at radius 3 is 2.66 bits per heavy atom. The molecule has 9 heteroatoms. The third-order valence-corrected chi connectivity index (χ3v) is 5.43. The third-order valence-electron chi connectivity index (χ3n) is 5.43. The first kappa shape index (κ1) is 20.3. The van der Waals surface area contributed by atoms with Crippen molar-refractivity contribution >= 4 is 28.6 Å². The summed E-state index contributed by atoms with van der Waals surface area (Å²) in [7, 11) is 0. The summed E-state index contributed by atoms with van der Waals surface area (Å²) in [6, 6.07) is 9.62. The molecule has 0 radical (unpaired) electrons. The van der Waals surface area contributed by atoms with Gasteiger partial charge in [0.05, 0.1) is 24.1 Å². The van der Waals surface area contributed by atoms with E-state index in [0.29, 0.717) is 30.4 Å². The van der Waals surface area contributed by atoms with Crippen LogP contribution in [0.5, 0.6) is 0 Å². The number of aromatic nitrogens is 4. The zero-order valence-corrected chi connectivity index (χ0v) is 18.0. The summed E-state index contributed by atoms with van der Waals surface area (Å²) >= 11 is 0. The van der Waals surface area contributed by atoms with Gasteiger partial charge in [-0.05, 0) is 56.2 Å². The highest BCUT2D eigenvalue weighted by atomic mass is 19.1. The Kier molecular flexibility index (Phi) is 5.18. The molecule has 5 rings (SSSR count). The molecule has 1 aliphatic heterocycles. The minimum absolute atomic E-state index is 0.0487. The summed E-state index contributed by atoms with van der Waals surface area (Å²) in [5, 5.41) is 7.97. The van der Waals surface area contributed by atoms with Gasteiger partial charge in [-0.3, -0.25) is 0 Å². The Morgan fingerprint density at radius 1 is 1.06 bits per heavy atom. The molecule has 1 fully saturated rings. The molecule has 4 aromatic rings. The van der Waals surface area contributed by atoms with Crippen LogP contribution in [0.2, 0.25) is 0 Å². The predicted molar refractivity (Wildman–Crippen MR) is 119 cm³/mol. The molecule has 0 amide bonds. The monoisotopic (exact) mass is 434 g/mol. The third kappa shape index (κ3) is 3.99. The molecular formula is C23H23FN6O2. The molecule has 4 heterocycles. The van der Waals surface area contributed by atoms with Crippen LogP contribution in [0.15, 0.2) is 47.2 Å². The first-order valence-electron chi connectivity index (χ1n) is 10.5. The van der Waals surface area contributed by atoms with E-state index in [4.69, 9.17) is 9.26 Å². The Labute approximate surface area is 184 Å². The fraction of sp³-hybridized carbons (Fsp3) is 0.304. The molecular weight excluding hydrogens is 411 g/mol. The number of nitrogens with zero attached hydrogens (tertiary/aromatic N) is 5. The minimum Gasteiger partial charge on any atom is -0.372 e. The lowest BCUT2D eigenvalue weighted by Gasteiger charge is -2.35. The van der Waals surface area contributed by atoms with Gasteiger partial charge in [0.2, 0.25) is 5.95 Å². The maximum absolute atomic E-state index is 14.5. The molecule has 0 aliphatic carbocycles. The highest BCUT2D eigenvalue weighted by Crippen LogP contribution is 2.28. The van der Waals surface area contributed by atoms with E-state index < -0.39 is 5.82 Å². The number of pyridine rings is 1. The Bertz CT molecular complexity index is 1270. The van der Waals surface area contributed by atoms with E-state index in [1.807, 2.05) is 56.0 Å². The van der Waals surface area contributed by atoms with E-state index in [1.54, 1.807) is 6.20 Å². The molecule has 1 N–H and O–H groups in total. The zero-order valence-electron chi connectivity index (χ0n) is 18.0. The SMILES string of the molecule is Cc1noc2cc(-c3ccnc(Nc4nc(N5C[C@@H](C)O[C@@H](C)C5)ncc4F)c3)ccc12. The fourth-order valence-electron chi connectivity index (χ4n) is 3.98. The number of benzene rings is 1. The molecule has 0 spiro atoms. The van der Waals surface area contributed by atoms with Crippen molar-refractivity contribution in [3.8, 4) is 11.1 Å². The lowest BCUT2D eigenvalue weighted by molar-refractivity contribution is -0.00572. The molecule has 0 unspecified atom stereocenters. The normalized spacial score (nSPS) is 18.8. The van der Waals surface area contributed by atoms with Crippen LogP contribution in [0.25, 0.3) is 22.1 Å². The van der Waals surface area contributed by atoms with E-state index in [-0.39, 0.29) is 18.0 Å². The molecule has 1 aromatic carbocycles. The molecule has 2 atom stereocenters. The van der Waals surface area contributed by atoms with E-state index in [1.165, 1.54) is 6.20 Å². The fourth-order valence-corrected chi connectivity index (χ4v) is 3.98. The van der Waals surface area contributed by atoms with Crippen molar-refractivity contribution in [1.82, 2.24) is 20.1 Å². The van der Waals surface area contributed by atoms with Gasteiger partial charge in [0, 0.05) is 24.7 Å². The predicted octanol–water partition coefficient (Wildman–Crippen LogP) is 4.48. The summed E-state index contributed by atoms with van der Waals surface area (Å²) in [5.74, 6) is 0.462. The number of nitrogens with one attached hydrogen (secondary N) is 1. The smallest absolute Gasteiger partial charge is 0.227 e. The van der Waals surface area contributed by atoms with Gasteiger partial charge in [0.25, 0.3) is 0 Å². The van der Waals surface area contributed by atoms with Crippen molar-refractivity contribution in [1.29, 1.82) is 0 Å². The second-order valence-electron chi connectivity index (χ2n) is 8.06. The van der Waals surface area contributed by atoms with Crippen LogP contribution in [0.4, 0.5) is 22.0 Å². The van der Waals surface area contributed by atoms with Crippen LogP contribution in [0.1, 0.15) is 19.5 Å². The second kappa shape index (κ2) is 8.16. The summed E-state index contributed by atoms with van der Waals surface area (Å²) < 4.78 is 25.6. The van der Waals surface area contributed by atoms with E-state index in [9.17, 15) is 4.39 Å². The number of aryl methyl sites for hydroxylation is 1. The largest absolute Gasteiger partial charge is 0.372 e. The van der Waals surface area contributed by atoms with Gasteiger partial charge in [-0.25, -0.2) is 14.4 Å². The number of hydrogen-bond donors (Lipinski definition) is 1. The topological polar surface area (TPSA) is 89.2 Å². The Morgan fingerprint density at radius 2 is 1.84 bits per heavy atom. The van der Waals surface area contributed by atoms with Gasteiger partial charge >= 0.3 is 0 Å². The average Bonchev–Trinajstić information content (AvgIpc) is 3.15. The van der Waals surface area contributed by atoms with Crippen molar-refractivity contribution in [3.05, 3.63) is 54.2 Å². The number of fused-ring (bicyclic) bond motifs is 1. The van der Waals surface area contributed by atoms with Crippen molar-refractivity contribution in [2.75, 3.05) is 23.3 Å². The Hall–Kier alpha value is -3.59. The average molecular weight is 434 g/mol. The van der Waals surface area contributed by atoms with Crippen LogP contribution in [-0.2, 0) is 4.74 Å². The molecule has 0 bridgehead atoms. The van der Waals surface area contributed by atoms with Crippen LogP contribution in [-0.4, -0.2) is 45.4 Å². The molecule has 164 valence electrons. The molecule has 8 nitrogen and oxygen atoms in total. The summed E-state index contributed by atoms with van der Waals surface area (Å²) in [6.45, 7) is 7.19. The van der Waals surface area contributed by atoms with Crippen molar-refractivity contribution in [3.63, 3.8) is 0 Å². The highest BCUT2D eigenvalue weighted by molar-refractivity contribution is 5.85. The number of morpholine rings is 1. The van der Waals surface area contributed by atoms with Gasteiger partial charge in [0.15, 0.2) is 17.2 Å². The van der Waals surface area contributed by atoms with Crippen LogP contribution in [0, 0.1) is 12.7 Å². The maximum Gasteiger partial charge on any atom is 0.227 e. The maximum atomic E-state index is 14.5. The summed E-state index contributed by atoms with van der Waals surface area (Å²) in [4.78, 5) is 14.9. The van der Waals surface area contributed by atoms with E-state index >= 15 is 0 Å². The van der Waals surface area contributed by atoms with Crippen LogP contribution >= 0.6 is 0 Å². The first-order valence-corrected chi connectivity index (χ1v) is 10.5. The van der Waals surface area contributed by atoms with Crippen LogP contribution in [0.3, 0.4) is 0 Å². The molecule has 1 saturated heterocycles. The van der Waals surface area contributed by atoms with E-state index in [0.717, 1.165) is 22.2 Å². The van der Waals surface area contributed by atoms with Gasteiger partial charge in [-0.15, -0.1) is 0 Å². The number of rotatable bonds is 4. The quantitative estimate of drug-likeness (QED) is 0.503. The zero-order chi connectivity index (χ0) is 22.2. The first-order chi connectivity index (χ1) is 15.5. The van der Waals surface area contributed by atoms with Gasteiger partial charge in [0.1, 0.15) is 5.82 Å². The number of anilines is 3. The van der Waals surface area contributed by atoms with Crippen molar-refractivity contribution < 1.29 is 13.7 Å². The molecule has 0 saturated carbocycles.